The standard InChI is InChI=1S/C26H29ClN2O6/c1-4-6-7-8-13-35-23-21(27)15-17(16-22(23)33-3)14-20-24(30)28-26(32)29(25(20)31)18-9-11-19(12-10-18)34-5-2/h9-12,14-16H,4-8,13H2,1-3H3,(H,28,30,32)/b20-14+. The second-order valence-electron chi connectivity index (χ2n) is 7.83. The first-order chi connectivity index (χ1) is 16.9. The van der Waals surface area contributed by atoms with Crippen molar-refractivity contribution in [1.29, 1.82) is 0 Å². The van der Waals surface area contributed by atoms with E-state index in [1.165, 1.54) is 13.2 Å². The number of urea groups is 1. The zero-order valence-electron chi connectivity index (χ0n) is 20.1. The molecular weight excluding hydrogens is 472 g/mol. The number of imide groups is 2. The molecule has 1 heterocycles. The molecule has 1 saturated heterocycles. The van der Waals surface area contributed by atoms with Crippen LogP contribution >= 0.6 is 11.6 Å². The molecule has 0 radical (unpaired) electrons. The van der Waals surface area contributed by atoms with Gasteiger partial charge in [0.15, 0.2) is 11.5 Å². The second kappa shape index (κ2) is 12.3. The molecule has 1 N–H and O–H groups in total. The van der Waals surface area contributed by atoms with Crippen molar-refractivity contribution in [2.75, 3.05) is 25.2 Å². The normalized spacial score (nSPS) is 14.8. The van der Waals surface area contributed by atoms with Crippen molar-refractivity contribution in [1.82, 2.24) is 5.32 Å². The number of carbonyl (C=O) groups is 3. The summed E-state index contributed by atoms with van der Waals surface area (Å²) in [5.41, 5.74) is 0.534. The van der Waals surface area contributed by atoms with Gasteiger partial charge in [-0.3, -0.25) is 14.9 Å². The van der Waals surface area contributed by atoms with E-state index in [1.54, 1.807) is 36.4 Å². The molecule has 0 aliphatic carbocycles. The zero-order chi connectivity index (χ0) is 25.4. The van der Waals surface area contributed by atoms with Crippen LogP contribution in [0.15, 0.2) is 42.0 Å². The maximum Gasteiger partial charge on any atom is 0.335 e. The van der Waals surface area contributed by atoms with Gasteiger partial charge < -0.3 is 14.2 Å². The lowest BCUT2D eigenvalue weighted by atomic mass is 10.1. The fraction of sp³-hybridized carbons (Fsp3) is 0.346. The number of rotatable bonds is 11. The van der Waals surface area contributed by atoms with Crippen LogP contribution in [0.2, 0.25) is 5.02 Å². The predicted octanol–water partition coefficient (Wildman–Crippen LogP) is 5.37. The summed E-state index contributed by atoms with van der Waals surface area (Å²) in [7, 11) is 1.48. The average molecular weight is 501 g/mol. The van der Waals surface area contributed by atoms with E-state index in [1.807, 2.05) is 6.92 Å². The third-order valence-corrected chi connectivity index (χ3v) is 5.60. The molecule has 1 fully saturated rings. The SMILES string of the molecule is CCCCCCOc1c(Cl)cc(/C=C2\C(=O)NC(=O)N(c3ccc(OCC)cc3)C2=O)cc1OC. The molecular formula is C26H29ClN2O6. The first-order valence-corrected chi connectivity index (χ1v) is 11.9. The number of carbonyl (C=O) groups excluding carboxylic acids is 3. The summed E-state index contributed by atoms with van der Waals surface area (Å²) in [6, 6.07) is 8.80. The Hall–Kier alpha value is -3.52. The van der Waals surface area contributed by atoms with Gasteiger partial charge in [-0.05, 0) is 61.4 Å². The Labute approximate surface area is 209 Å². The number of ether oxygens (including phenoxy) is 3. The van der Waals surface area contributed by atoms with Gasteiger partial charge in [-0.1, -0.05) is 37.8 Å². The Morgan fingerprint density at radius 1 is 1.00 bits per heavy atom. The Kier molecular flexibility index (Phi) is 9.14. The molecule has 4 amide bonds. The summed E-state index contributed by atoms with van der Waals surface area (Å²) < 4.78 is 16.6. The zero-order valence-corrected chi connectivity index (χ0v) is 20.8. The molecule has 0 bridgehead atoms. The van der Waals surface area contributed by atoms with Gasteiger partial charge >= 0.3 is 6.03 Å². The van der Waals surface area contributed by atoms with Crippen LogP contribution in [-0.2, 0) is 9.59 Å². The van der Waals surface area contributed by atoms with Crippen LogP contribution in [0.5, 0.6) is 17.2 Å². The van der Waals surface area contributed by atoms with Gasteiger partial charge in [0.1, 0.15) is 11.3 Å². The number of barbiturate groups is 1. The van der Waals surface area contributed by atoms with Crippen LogP contribution in [0.1, 0.15) is 45.1 Å². The van der Waals surface area contributed by atoms with Gasteiger partial charge in [-0.25, -0.2) is 9.69 Å². The number of unbranched alkanes of at least 4 members (excludes halogenated alkanes) is 3. The fourth-order valence-electron chi connectivity index (χ4n) is 3.58. The lowest BCUT2D eigenvalue weighted by Crippen LogP contribution is -2.54. The third kappa shape index (κ3) is 6.33. The molecule has 1 aliphatic rings. The van der Waals surface area contributed by atoms with E-state index in [0.29, 0.717) is 41.7 Å². The van der Waals surface area contributed by atoms with E-state index in [9.17, 15) is 14.4 Å². The number of nitrogens with one attached hydrogen (secondary N) is 1. The van der Waals surface area contributed by atoms with E-state index < -0.39 is 17.8 Å². The van der Waals surface area contributed by atoms with Crippen LogP contribution in [0, 0.1) is 0 Å². The fourth-order valence-corrected chi connectivity index (χ4v) is 3.86. The minimum atomic E-state index is -0.830. The minimum absolute atomic E-state index is 0.218. The number of benzene rings is 2. The number of hydrogen-bond acceptors (Lipinski definition) is 6. The Morgan fingerprint density at radius 3 is 2.40 bits per heavy atom. The quantitative estimate of drug-likeness (QED) is 0.253. The van der Waals surface area contributed by atoms with Gasteiger partial charge in [-0.15, -0.1) is 0 Å². The lowest BCUT2D eigenvalue weighted by molar-refractivity contribution is -0.122. The molecule has 9 heteroatoms. The van der Waals surface area contributed by atoms with Crippen molar-refractivity contribution < 1.29 is 28.6 Å². The Bertz CT molecular complexity index is 1110. The number of hydrogen-bond donors (Lipinski definition) is 1. The molecule has 2 aromatic rings. The van der Waals surface area contributed by atoms with Crippen LogP contribution < -0.4 is 24.4 Å². The van der Waals surface area contributed by atoms with E-state index in [4.69, 9.17) is 25.8 Å². The largest absolute Gasteiger partial charge is 0.494 e. The maximum absolute atomic E-state index is 13.2. The molecule has 0 aromatic heterocycles. The van der Waals surface area contributed by atoms with Crippen molar-refractivity contribution in [2.24, 2.45) is 0 Å². The van der Waals surface area contributed by atoms with E-state index in [0.717, 1.165) is 30.6 Å². The topological polar surface area (TPSA) is 94.2 Å². The summed E-state index contributed by atoms with van der Waals surface area (Å²) in [6.07, 6.45) is 5.57. The molecule has 1 aliphatic heterocycles. The highest BCUT2D eigenvalue weighted by atomic mass is 35.5. The highest BCUT2D eigenvalue weighted by Gasteiger charge is 2.36. The number of methoxy groups -OCH3 is 1. The van der Waals surface area contributed by atoms with Gasteiger partial charge in [0.25, 0.3) is 11.8 Å². The average Bonchev–Trinajstić information content (AvgIpc) is 2.83. The molecule has 0 atom stereocenters. The van der Waals surface area contributed by atoms with Crippen molar-refractivity contribution >= 4 is 41.2 Å². The molecule has 0 spiro atoms. The highest BCUT2D eigenvalue weighted by Crippen LogP contribution is 2.37. The van der Waals surface area contributed by atoms with Gasteiger partial charge in [-0.2, -0.15) is 0 Å². The summed E-state index contributed by atoms with van der Waals surface area (Å²) in [5.74, 6) is -0.175. The van der Waals surface area contributed by atoms with Gasteiger partial charge in [0.05, 0.1) is 31.0 Å². The van der Waals surface area contributed by atoms with Crippen LogP contribution in [0.4, 0.5) is 10.5 Å². The second-order valence-corrected chi connectivity index (χ2v) is 8.24. The van der Waals surface area contributed by atoms with Gasteiger partial charge in [0, 0.05) is 0 Å². The van der Waals surface area contributed by atoms with Crippen molar-refractivity contribution in [3.05, 3.63) is 52.6 Å². The van der Waals surface area contributed by atoms with Crippen molar-refractivity contribution in [3.63, 3.8) is 0 Å². The van der Waals surface area contributed by atoms with E-state index in [2.05, 4.69) is 12.2 Å². The molecule has 3 rings (SSSR count). The summed E-state index contributed by atoms with van der Waals surface area (Å²) in [5, 5.41) is 2.49. The molecule has 2 aromatic carbocycles. The number of anilines is 1. The van der Waals surface area contributed by atoms with Crippen LogP contribution in [-0.4, -0.2) is 38.2 Å². The summed E-state index contributed by atoms with van der Waals surface area (Å²) in [6.45, 7) is 4.97. The van der Waals surface area contributed by atoms with Crippen molar-refractivity contribution in [3.8, 4) is 17.2 Å². The Balaban J connectivity index is 1.86. The van der Waals surface area contributed by atoms with E-state index in [-0.39, 0.29) is 10.6 Å². The molecule has 0 saturated carbocycles. The lowest BCUT2D eigenvalue weighted by Gasteiger charge is -2.26. The first kappa shape index (κ1) is 26.1. The third-order valence-electron chi connectivity index (χ3n) is 5.31. The number of halogens is 1. The summed E-state index contributed by atoms with van der Waals surface area (Å²) >= 11 is 6.44. The Morgan fingerprint density at radius 2 is 1.74 bits per heavy atom. The monoisotopic (exact) mass is 500 g/mol. The molecule has 186 valence electrons. The molecule has 8 nitrogen and oxygen atoms in total. The minimum Gasteiger partial charge on any atom is -0.494 e. The number of nitrogens with zero attached hydrogens (tertiary/aromatic N) is 1. The molecule has 35 heavy (non-hydrogen) atoms. The van der Waals surface area contributed by atoms with Gasteiger partial charge in [0.2, 0.25) is 0 Å². The first-order valence-electron chi connectivity index (χ1n) is 11.5. The summed E-state index contributed by atoms with van der Waals surface area (Å²) in [4.78, 5) is 39.0. The van der Waals surface area contributed by atoms with Crippen LogP contribution in [0.3, 0.4) is 0 Å². The number of amides is 4. The predicted molar refractivity (Wildman–Crippen MR) is 134 cm³/mol. The van der Waals surface area contributed by atoms with E-state index >= 15 is 0 Å². The molecule has 0 unspecified atom stereocenters. The van der Waals surface area contributed by atoms with Crippen LogP contribution in [0.25, 0.3) is 6.08 Å². The highest BCUT2D eigenvalue weighted by molar-refractivity contribution is 6.39. The van der Waals surface area contributed by atoms with Crippen molar-refractivity contribution in [2.45, 2.75) is 39.5 Å². The maximum atomic E-state index is 13.2. The smallest absolute Gasteiger partial charge is 0.335 e.